The summed E-state index contributed by atoms with van der Waals surface area (Å²) < 4.78 is 5.45. The molecule has 5 heteroatoms. The lowest BCUT2D eigenvalue weighted by Crippen LogP contribution is -2.34. The molecule has 5 nitrogen and oxygen atoms in total. The van der Waals surface area contributed by atoms with E-state index in [0.717, 1.165) is 0 Å². The zero-order valence-electron chi connectivity index (χ0n) is 13.2. The minimum atomic E-state index is -0.0830. The van der Waals surface area contributed by atoms with Gasteiger partial charge in [0.15, 0.2) is 12.4 Å². The van der Waals surface area contributed by atoms with Crippen LogP contribution >= 0.6 is 0 Å². The van der Waals surface area contributed by atoms with Crippen molar-refractivity contribution in [1.29, 1.82) is 0 Å². The average molecular weight is 292 g/mol. The summed E-state index contributed by atoms with van der Waals surface area (Å²) in [5, 5.41) is 0. The fraction of sp³-hybridized carbons (Fsp3) is 0.500. The van der Waals surface area contributed by atoms with Crippen LogP contribution in [0.15, 0.2) is 18.2 Å². The van der Waals surface area contributed by atoms with Gasteiger partial charge in [-0.3, -0.25) is 9.59 Å². The smallest absolute Gasteiger partial charge is 0.260 e. The van der Waals surface area contributed by atoms with Crippen molar-refractivity contribution >= 4 is 17.4 Å². The van der Waals surface area contributed by atoms with E-state index in [1.54, 1.807) is 23.1 Å². The molecule has 0 bridgehead atoms. The van der Waals surface area contributed by atoms with E-state index >= 15 is 0 Å². The monoisotopic (exact) mass is 292 g/mol. The van der Waals surface area contributed by atoms with Gasteiger partial charge in [0.2, 0.25) is 0 Å². The Labute approximate surface area is 126 Å². The summed E-state index contributed by atoms with van der Waals surface area (Å²) in [7, 11) is 0. The summed E-state index contributed by atoms with van der Waals surface area (Å²) in [5.41, 5.74) is 6.81. The molecule has 0 spiro atoms. The molecular weight excluding hydrogens is 268 g/mol. The van der Waals surface area contributed by atoms with E-state index in [1.165, 1.54) is 0 Å². The maximum Gasteiger partial charge on any atom is 0.260 e. The highest BCUT2D eigenvalue weighted by atomic mass is 16.5. The summed E-state index contributed by atoms with van der Waals surface area (Å²) in [6, 6.07) is 4.91. The molecule has 0 saturated heterocycles. The molecule has 0 aliphatic heterocycles. The number of ketones is 1. The van der Waals surface area contributed by atoms with E-state index in [9.17, 15) is 9.59 Å². The molecule has 0 aliphatic rings. The van der Waals surface area contributed by atoms with Crippen LogP contribution in [0, 0.1) is 5.92 Å². The maximum atomic E-state index is 11.9. The largest absolute Gasteiger partial charge is 0.482 e. The predicted molar refractivity (Wildman–Crippen MR) is 83.4 cm³/mol. The van der Waals surface area contributed by atoms with Gasteiger partial charge in [0, 0.05) is 24.6 Å². The van der Waals surface area contributed by atoms with Gasteiger partial charge in [-0.05, 0) is 32.0 Å². The molecule has 0 aliphatic carbocycles. The van der Waals surface area contributed by atoms with Crippen molar-refractivity contribution < 1.29 is 14.3 Å². The van der Waals surface area contributed by atoms with E-state index in [0.29, 0.717) is 30.1 Å². The zero-order valence-corrected chi connectivity index (χ0v) is 13.2. The van der Waals surface area contributed by atoms with Crippen LogP contribution in [0.2, 0.25) is 0 Å². The number of amides is 1. The molecule has 0 saturated carbocycles. The number of hydrogen-bond donors (Lipinski definition) is 1. The third-order valence-electron chi connectivity index (χ3n) is 3.29. The summed E-state index contributed by atoms with van der Waals surface area (Å²) >= 11 is 0. The standard InChI is InChI=1S/C16H24N2O3/c1-5-18(6-2)15(19)10-21-14-8-7-12(9-13(14)17)16(20)11(3)4/h7-9,11H,5-6,10,17H2,1-4H3. The van der Waals surface area contributed by atoms with Gasteiger partial charge in [0.1, 0.15) is 5.75 Å². The fourth-order valence-electron chi connectivity index (χ4n) is 1.97. The van der Waals surface area contributed by atoms with Gasteiger partial charge in [-0.1, -0.05) is 13.8 Å². The second-order valence-corrected chi connectivity index (χ2v) is 5.13. The number of rotatable bonds is 7. The van der Waals surface area contributed by atoms with Gasteiger partial charge in [-0.25, -0.2) is 0 Å². The minimum absolute atomic E-state index is 0.0347. The first-order valence-corrected chi connectivity index (χ1v) is 7.24. The van der Waals surface area contributed by atoms with Crippen molar-refractivity contribution in [3.63, 3.8) is 0 Å². The van der Waals surface area contributed by atoms with Crippen LogP contribution in [-0.4, -0.2) is 36.3 Å². The Hall–Kier alpha value is -2.04. The first-order chi connectivity index (χ1) is 9.90. The number of hydrogen-bond acceptors (Lipinski definition) is 4. The Morgan fingerprint density at radius 2 is 1.86 bits per heavy atom. The van der Waals surface area contributed by atoms with Crippen molar-refractivity contribution in [2.75, 3.05) is 25.4 Å². The average Bonchev–Trinajstić information content (AvgIpc) is 2.46. The zero-order chi connectivity index (χ0) is 16.0. The number of likely N-dealkylation sites (N-methyl/N-ethyl adjacent to an activating group) is 1. The van der Waals surface area contributed by atoms with Crippen molar-refractivity contribution in [2.45, 2.75) is 27.7 Å². The summed E-state index contributed by atoms with van der Waals surface area (Å²) in [4.78, 5) is 25.4. The van der Waals surface area contributed by atoms with Gasteiger partial charge in [0.25, 0.3) is 5.91 Å². The van der Waals surface area contributed by atoms with Gasteiger partial charge in [-0.15, -0.1) is 0 Å². The lowest BCUT2D eigenvalue weighted by molar-refractivity contribution is -0.132. The van der Waals surface area contributed by atoms with Crippen LogP contribution in [0.4, 0.5) is 5.69 Å². The van der Waals surface area contributed by atoms with Crippen molar-refractivity contribution in [3.05, 3.63) is 23.8 Å². The first kappa shape index (κ1) is 17.0. The third kappa shape index (κ3) is 4.48. The van der Waals surface area contributed by atoms with Gasteiger partial charge in [-0.2, -0.15) is 0 Å². The van der Waals surface area contributed by atoms with E-state index in [1.807, 2.05) is 27.7 Å². The molecule has 0 radical (unpaired) electrons. The Balaban J connectivity index is 2.74. The van der Waals surface area contributed by atoms with Crippen molar-refractivity contribution in [1.82, 2.24) is 4.90 Å². The van der Waals surface area contributed by atoms with Crippen molar-refractivity contribution in [2.24, 2.45) is 5.92 Å². The van der Waals surface area contributed by atoms with Gasteiger partial charge < -0.3 is 15.4 Å². The van der Waals surface area contributed by atoms with Gasteiger partial charge >= 0.3 is 0 Å². The first-order valence-electron chi connectivity index (χ1n) is 7.24. The lowest BCUT2D eigenvalue weighted by Gasteiger charge is -2.19. The topological polar surface area (TPSA) is 72.6 Å². The van der Waals surface area contributed by atoms with E-state index in [2.05, 4.69) is 0 Å². The number of carbonyl (C=O) groups is 2. The van der Waals surface area contributed by atoms with E-state index < -0.39 is 0 Å². The molecule has 0 unspecified atom stereocenters. The van der Waals surface area contributed by atoms with Crippen LogP contribution in [0.25, 0.3) is 0 Å². The number of nitrogen functional groups attached to an aromatic ring is 1. The second-order valence-electron chi connectivity index (χ2n) is 5.13. The highest BCUT2D eigenvalue weighted by Crippen LogP contribution is 2.24. The molecule has 116 valence electrons. The number of nitrogens with two attached hydrogens (primary N) is 1. The predicted octanol–water partition coefficient (Wildman–Crippen LogP) is 2.35. The summed E-state index contributed by atoms with van der Waals surface area (Å²) in [6.45, 7) is 8.76. The molecule has 1 amide bonds. The third-order valence-corrected chi connectivity index (χ3v) is 3.29. The SMILES string of the molecule is CCN(CC)C(=O)COc1ccc(C(=O)C(C)C)cc1N. The number of carbonyl (C=O) groups excluding carboxylic acids is 2. The normalized spacial score (nSPS) is 10.5. The molecule has 21 heavy (non-hydrogen) atoms. The highest BCUT2D eigenvalue weighted by molar-refractivity contribution is 5.98. The summed E-state index contributed by atoms with van der Waals surface area (Å²) in [6.07, 6.45) is 0. The molecule has 0 fully saturated rings. The lowest BCUT2D eigenvalue weighted by atomic mass is 10.0. The number of Topliss-reactive ketones (excluding diaryl/α,β-unsaturated/α-hetero) is 1. The Bertz CT molecular complexity index is 508. The molecule has 0 atom stereocenters. The molecule has 0 heterocycles. The highest BCUT2D eigenvalue weighted by Gasteiger charge is 2.14. The van der Waals surface area contributed by atoms with Crippen molar-refractivity contribution in [3.8, 4) is 5.75 Å². The quantitative estimate of drug-likeness (QED) is 0.618. The van der Waals surface area contributed by atoms with Crippen LogP contribution in [0.3, 0.4) is 0 Å². The van der Waals surface area contributed by atoms with Crippen LogP contribution in [-0.2, 0) is 4.79 Å². The minimum Gasteiger partial charge on any atom is -0.482 e. The molecule has 1 aromatic carbocycles. The number of ether oxygens (including phenoxy) is 1. The molecule has 2 N–H and O–H groups in total. The van der Waals surface area contributed by atoms with Crippen LogP contribution < -0.4 is 10.5 Å². The van der Waals surface area contributed by atoms with Crippen LogP contribution in [0.5, 0.6) is 5.75 Å². The Morgan fingerprint density at radius 1 is 1.24 bits per heavy atom. The molecule has 1 aromatic rings. The Morgan fingerprint density at radius 3 is 2.33 bits per heavy atom. The maximum absolute atomic E-state index is 11.9. The van der Waals surface area contributed by atoms with E-state index in [4.69, 9.17) is 10.5 Å². The number of nitrogens with zero attached hydrogens (tertiary/aromatic N) is 1. The molecule has 1 rings (SSSR count). The fourth-order valence-corrected chi connectivity index (χ4v) is 1.97. The number of benzene rings is 1. The number of anilines is 1. The summed E-state index contributed by atoms with van der Waals surface area (Å²) in [5.74, 6) is 0.297. The van der Waals surface area contributed by atoms with Crippen LogP contribution in [0.1, 0.15) is 38.1 Å². The van der Waals surface area contributed by atoms with Gasteiger partial charge in [0.05, 0.1) is 5.69 Å². The Kier molecular flexibility index (Phi) is 6.21. The molecular formula is C16H24N2O3. The second kappa shape index (κ2) is 7.67. The van der Waals surface area contributed by atoms with E-state index in [-0.39, 0.29) is 24.2 Å². The molecule has 0 aromatic heterocycles.